The number of hydrogen-bond donors (Lipinski definition) is 1. The van der Waals surface area contributed by atoms with Gasteiger partial charge in [0.2, 0.25) is 0 Å². The zero-order valence-corrected chi connectivity index (χ0v) is 12.5. The van der Waals surface area contributed by atoms with Crippen LogP contribution in [0.3, 0.4) is 0 Å². The molecule has 0 aromatic carbocycles. The number of aromatic nitrogens is 2. The molecular weight excluding hydrogens is 248 g/mol. The van der Waals surface area contributed by atoms with Gasteiger partial charge < -0.3 is 14.6 Å². The number of nitrogens with one attached hydrogen (secondary N) is 1. The van der Waals surface area contributed by atoms with Crippen LogP contribution in [0.5, 0.6) is 0 Å². The van der Waals surface area contributed by atoms with E-state index in [2.05, 4.69) is 52.9 Å². The third-order valence-electron chi connectivity index (χ3n) is 3.86. The molecule has 1 fully saturated rings. The smallest absolute Gasteiger partial charge is 0.152 e. The lowest BCUT2D eigenvalue weighted by Gasteiger charge is -2.17. The van der Waals surface area contributed by atoms with Crippen LogP contribution in [0.1, 0.15) is 32.4 Å². The molecule has 2 aromatic heterocycles. The maximum absolute atomic E-state index is 4.84. The Morgan fingerprint density at radius 2 is 2.05 bits per heavy atom. The molecule has 1 saturated heterocycles. The average Bonchev–Trinajstić information content (AvgIpc) is 3.05. The standard InChI is InChI=1S/C16H24N4/c1-13(2)11-17-12-14-16(19-8-5-6-9-19)18-15-7-3-4-10-20(14)15/h3-4,7,10,13,17H,5-6,8-9,11-12H2,1-2H3. The van der Waals surface area contributed by atoms with Gasteiger partial charge in [-0.05, 0) is 37.4 Å². The Morgan fingerprint density at radius 3 is 2.80 bits per heavy atom. The average molecular weight is 272 g/mol. The molecule has 0 aliphatic carbocycles. The number of anilines is 1. The Balaban J connectivity index is 1.90. The molecule has 1 aliphatic rings. The predicted molar refractivity (Wildman–Crippen MR) is 83.2 cm³/mol. The summed E-state index contributed by atoms with van der Waals surface area (Å²) in [5, 5.41) is 3.56. The van der Waals surface area contributed by atoms with Crippen LogP contribution < -0.4 is 10.2 Å². The molecule has 4 heteroatoms. The van der Waals surface area contributed by atoms with Crippen molar-refractivity contribution in [3.8, 4) is 0 Å². The summed E-state index contributed by atoms with van der Waals surface area (Å²) in [5.41, 5.74) is 2.35. The Hall–Kier alpha value is -1.55. The first kappa shape index (κ1) is 13.4. The van der Waals surface area contributed by atoms with Gasteiger partial charge in [-0.15, -0.1) is 0 Å². The van der Waals surface area contributed by atoms with E-state index in [1.807, 2.05) is 0 Å². The molecule has 1 N–H and O–H groups in total. The number of nitrogens with zero attached hydrogens (tertiary/aromatic N) is 3. The molecule has 0 atom stereocenters. The lowest BCUT2D eigenvalue weighted by atomic mass is 10.2. The highest BCUT2D eigenvalue weighted by Crippen LogP contribution is 2.25. The SMILES string of the molecule is CC(C)CNCc1c(N2CCCC2)nc2ccccn12. The number of rotatable bonds is 5. The van der Waals surface area contributed by atoms with Gasteiger partial charge in [0, 0.05) is 25.8 Å². The first-order chi connectivity index (χ1) is 9.75. The van der Waals surface area contributed by atoms with Crippen molar-refractivity contribution in [1.29, 1.82) is 0 Å². The molecule has 0 amide bonds. The molecule has 1 aliphatic heterocycles. The fourth-order valence-corrected chi connectivity index (χ4v) is 2.86. The van der Waals surface area contributed by atoms with E-state index >= 15 is 0 Å². The van der Waals surface area contributed by atoms with Crippen molar-refractivity contribution in [3.63, 3.8) is 0 Å². The molecule has 2 aromatic rings. The molecular formula is C16H24N4. The topological polar surface area (TPSA) is 32.6 Å². The summed E-state index contributed by atoms with van der Waals surface area (Å²) in [7, 11) is 0. The minimum atomic E-state index is 0.671. The third kappa shape index (κ3) is 2.66. The Morgan fingerprint density at radius 1 is 1.25 bits per heavy atom. The Kier molecular flexibility index (Phi) is 3.92. The molecule has 0 unspecified atom stereocenters. The fourth-order valence-electron chi connectivity index (χ4n) is 2.86. The van der Waals surface area contributed by atoms with Crippen molar-refractivity contribution in [1.82, 2.24) is 14.7 Å². The molecule has 20 heavy (non-hydrogen) atoms. The second-order valence-electron chi connectivity index (χ2n) is 6.03. The lowest BCUT2D eigenvalue weighted by Crippen LogP contribution is -2.24. The van der Waals surface area contributed by atoms with Gasteiger partial charge in [-0.3, -0.25) is 0 Å². The van der Waals surface area contributed by atoms with Crippen molar-refractivity contribution in [2.75, 3.05) is 24.5 Å². The van der Waals surface area contributed by atoms with E-state index in [0.29, 0.717) is 5.92 Å². The monoisotopic (exact) mass is 272 g/mol. The molecule has 0 spiro atoms. The number of pyridine rings is 1. The van der Waals surface area contributed by atoms with Gasteiger partial charge >= 0.3 is 0 Å². The lowest BCUT2D eigenvalue weighted by molar-refractivity contribution is 0.547. The normalized spacial score (nSPS) is 15.7. The van der Waals surface area contributed by atoms with Crippen molar-refractivity contribution in [2.45, 2.75) is 33.2 Å². The van der Waals surface area contributed by atoms with E-state index in [-0.39, 0.29) is 0 Å². The van der Waals surface area contributed by atoms with Gasteiger partial charge in [-0.25, -0.2) is 4.98 Å². The van der Waals surface area contributed by atoms with Gasteiger partial charge in [0.15, 0.2) is 5.82 Å². The summed E-state index contributed by atoms with van der Waals surface area (Å²) >= 11 is 0. The predicted octanol–water partition coefficient (Wildman–Crippen LogP) is 2.68. The second kappa shape index (κ2) is 5.83. The van der Waals surface area contributed by atoms with E-state index in [1.54, 1.807) is 0 Å². The summed E-state index contributed by atoms with van der Waals surface area (Å²) in [6, 6.07) is 6.22. The Bertz CT molecular complexity index is 567. The first-order valence-corrected chi connectivity index (χ1v) is 7.67. The van der Waals surface area contributed by atoms with Crippen molar-refractivity contribution in [3.05, 3.63) is 30.1 Å². The maximum Gasteiger partial charge on any atom is 0.152 e. The van der Waals surface area contributed by atoms with E-state index in [0.717, 1.165) is 31.8 Å². The minimum Gasteiger partial charge on any atom is -0.355 e. The summed E-state index contributed by atoms with van der Waals surface area (Å²) in [6.07, 6.45) is 4.69. The number of imidazole rings is 1. The van der Waals surface area contributed by atoms with E-state index in [1.165, 1.54) is 24.4 Å². The highest BCUT2D eigenvalue weighted by atomic mass is 15.2. The zero-order valence-electron chi connectivity index (χ0n) is 12.5. The van der Waals surface area contributed by atoms with Gasteiger partial charge in [0.05, 0.1) is 5.69 Å². The number of fused-ring (bicyclic) bond motifs is 1. The fraction of sp³-hybridized carbons (Fsp3) is 0.562. The van der Waals surface area contributed by atoms with E-state index in [9.17, 15) is 0 Å². The van der Waals surface area contributed by atoms with Crippen LogP contribution in [0, 0.1) is 5.92 Å². The summed E-state index contributed by atoms with van der Waals surface area (Å²) in [4.78, 5) is 7.27. The van der Waals surface area contributed by atoms with Crippen LogP contribution >= 0.6 is 0 Å². The van der Waals surface area contributed by atoms with Crippen LogP contribution in [0.4, 0.5) is 5.82 Å². The van der Waals surface area contributed by atoms with Gasteiger partial charge in [-0.1, -0.05) is 19.9 Å². The Labute approximate surface area is 120 Å². The van der Waals surface area contributed by atoms with Crippen molar-refractivity contribution >= 4 is 11.5 Å². The molecule has 0 saturated carbocycles. The minimum absolute atomic E-state index is 0.671. The summed E-state index contributed by atoms with van der Waals surface area (Å²) in [6.45, 7) is 8.68. The van der Waals surface area contributed by atoms with Crippen molar-refractivity contribution in [2.24, 2.45) is 5.92 Å². The molecule has 3 heterocycles. The highest BCUT2D eigenvalue weighted by Gasteiger charge is 2.20. The third-order valence-corrected chi connectivity index (χ3v) is 3.86. The zero-order chi connectivity index (χ0) is 13.9. The van der Waals surface area contributed by atoms with Crippen LogP contribution in [0.15, 0.2) is 24.4 Å². The van der Waals surface area contributed by atoms with Gasteiger partial charge in [-0.2, -0.15) is 0 Å². The summed E-state index contributed by atoms with van der Waals surface area (Å²) < 4.78 is 2.22. The molecule has 3 rings (SSSR count). The molecule has 0 bridgehead atoms. The number of hydrogen-bond acceptors (Lipinski definition) is 3. The molecule has 4 nitrogen and oxygen atoms in total. The highest BCUT2D eigenvalue weighted by molar-refractivity contribution is 5.56. The first-order valence-electron chi connectivity index (χ1n) is 7.67. The van der Waals surface area contributed by atoms with Crippen molar-refractivity contribution < 1.29 is 0 Å². The molecule has 108 valence electrons. The quantitative estimate of drug-likeness (QED) is 0.908. The largest absolute Gasteiger partial charge is 0.355 e. The molecule has 0 radical (unpaired) electrons. The summed E-state index contributed by atoms with van der Waals surface area (Å²) in [5.74, 6) is 1.84. The van der Waals surface area contributed by atoms with Gasteiger partial charge in [0.1, 0.15) is 5.65 Å². The van der Waals surface area contributed by atoms with E-state index < -0.39 is 0 Å². The van der Waals surface area contributed by atoms with E-state index in [4.69, 9.17) is 4.98 Å². The van der Waals surface area contributed by atoms with Crippen LogP contribution in [-0.4, -0.2) is 29.0 Å². The van der Waals surface area contributed by atoms with Crippen LogP contribution in [0.25, 0.3) is 5.65 Å². The van der Waals surface area contributed by atoms with Crippen LogP contribution in [-0.2, 0) is 6.54 Å². The maximum atomic E-state index is 4.84. The van der Waals surface area contributed by atoms with Crippen LogP contribution in [0.2, 0.25) is 0 Å². The van der Waals surface area contributed by atoms with Gasteiger partial charge in [0.25, 0.3) is 0 Å². The second-order valence-corrected chi connectivity index (χ2v) is 6.03.